The maximum atomic E-state index is 12.6. The minimum atomic E-state index is -0.505. The minimum absolute atomic E-state index is 0.131. The molecule has 1 amide bonds. The van der Waals surface area contributed by atoms with Crippen molar-refractivity contribution in [1.82, 2.24) is 30.6 Å². The third kappa shape index (κ3) is 4.29. The van der Waals surface area contributed by atoms with Crippen LogP contribution in [0.2, 0.25) is 0 Å². The van der Waals surface area contributed by atoms with Crippen molar-refractivity contribution in [2.45, 2.75) is 26.8 Å². The molecule has 0 spiro atoms. The molecule has 0 fully saturated rings. The van der Waals surface area contributed by atoms with E-state index in [0.29, 0.717) is 11.6 Å². The van der Waals surface area contributed by atoms with Crippen molar-refractivity contribution in [3.63, 3.8) is 0 Å². The Balaban J connectivity index is 1.44. The highest BCUT2D eigenvalue weighted by Crippen LogP contribution is 2.32. The van der Waals surface area contributed by atoms with Crippen LogP contribution in [0.1, 0.15) is 32.7 Å². The number of aromatic nitrogens is 5. The van der Waals surface area contributed by atoms with E-state index in [0.717, 1.165) is 10.8 Å². The second-order valence-corrected chi connectivity index (χ2v) is 7.95. The van der Waals surface area contributed by atoms with Gasteiger partial charge in [0.25, 0.3) is 5.91 Å². The first-order chi connectivity index (χ1) is 14.4. The lowest BCUT2D eigenvalue weighted by Gasteiger charge is -2.28. The van der Waals surface area contributed by atoms with E-state index >= 15 is 0 Å². The summed E-state index contributed by atoms with van der Waals surface area (Å²) in [5.74, 6) is 1.29. The lowest BCUT2D eigenvalue weighted by Crippen LogP contribution is -2.39. The Morgan fingerprint density at radius 2 is 2.00 bits per heavy atom. The summed E-state index contributed by atoms with van der Waals surface area (Å²) in [6.07, 6.45) is 1.36. The van der Waals surface area contributed by atoms with Crippen molar-refractivity contribution in [2.75, 3.05) is 6.61 Å². The van der Waals surface area contributed by atoms with E-state index < -0.39 is 6.04 Å². The Bertz CT molecular complexity index is 1150. The first-order valence-corrected chi connectivity index (χ1v) is 9.50. The van der Waals surface area contributed by atoms with Gasteiger partial charge in [-0.1, -0.05) is 56.3 Å². The molecule has 154 valence electrons. The second kappa shape index (κ2) is 7.94. The fourth-order valence-electron chi connectivity index (χ4n) is 3.02. The molecule has 0 aliphatic carbocycles. The van der Waals surface area contributed by atoms with Crippen molar-refractivity contribution in [3.05, 3.63) is 54.7 Å². The number of rotatable bonds is 6. The molecule has 0 bridgehead atoms. The van der Waals surface area contributed by atoms with Crippen molar-refractivity contribution >= 4 is 16.7 Å². The molecule has 4 aromatic rings. The van der Waals surface area contributed by atoms with Crippen LogP contribution in [-0.2, 0) is 4.79 Å². The lowest BCUT2D eigenvalue weighted by atomic mass is 9.86. The number of nitrogens with zero attached hydrogens (tertiary/aromatic N) is 4. The number of aromatic amines is 1. The number of hydrogen-bond acceptors (Lipinski definition) is 7. The van der Waals surface area contributed by atoms with Gasteiger partial charge in [-0.3, -0.25) is 9.89 Å². The van der Waals surface area contributed by atoms with E-state index in [2.05, 4.69) is 30.6 Å². The Kier molecular flexibility index (Phi) is 5.18. The van der Waals surface area contributed by atoms with Crippen LogP contribution < -0.4 is 10.1 Å². The Morgan fingerprint density at radius 3 is 2.73 bits per heavy atom. The minimum Gasteiger partial charge on any atom is -0.484 e. The summed E-state index contributed by atoms with van der Waals surface area (Å²) in [7, 11) is 0. The molecule has 30 heavy (non-hydrogen) atoms. The fraction of sp³-hybridized carbons (Fsp3) is 0.286. The van der Waals surface area contributed by atoms with E-state index in [9.17, 15) is 4.79 Å². The summed E-state index contributed by atoms with van der Waals surface area (Å²) >= 11 is 0. The van der Waals surface area contributed by atoms with Crippen LogP contribution in [0.4, 0.5) is 0 Å². The van der Waals surface area contributed by atoms with Gasteiger partial charge in [0, 0.05) is 0 Å². The normalized spacial score (nSPS) is 12.6. The number of benzene rings is 2. The SMILES string of the molecule is CC(C)(C)[C@H](NC(=O)COc1ccc2ccccc2c1)c1nc(-c2ncn[nH]2)no1. The van der Waals surface area contributed by atoms with E-state index in [1.54, 1.807) is 0 Å². The highest BCUT2D eigenvalue weighted by Gasteiger charge is 2.33. The summed E-state index contributed by atoms with van der Waals surface area (Å²) in [6, 6.07) is 13.2. The number of fused-ring (bicyclic) bond motifs is 1. The van der Waals surface area contributed by atoms with Gasteiger partial charge in [-0.2, -0.15) is 10.1 Å². The second-order valence-electron chi connectivity index (χ2n) is 7.95. The summed E-state index contributed by atoms with van der Waals surface area (Å²) in [5.41, 5.74) is -0.371. The van der Waals surface area contributed by atoms with E-state index in [-0.39, 0.29) is 29.6 Å². The maximum absolute atomic E-state index is 12.6. The van der Waals surface area contributed by atoms with Crippen molar-refractivity contribution < 1.29 is 14.1 Å². The molecule has 9 nitrogen and oxygen atoms in total. The van der Waals surface area contributed by atoms with Gasteiger partial charge in [0.05, 0.1) is 0 Å². The molecule has 2 aromatic heterocycles. The topological polar surface area (TPSA) is 119 Å². The number of carbonyl (C=O) groups excluding carboxylic acids is 1. The molecule has 0 aliphatic heterocycles. The van der Waals surface area contributed by atoms with Gasteiger partial charge in [-0.25, -0.2) is 4.98 Å². The molecule has 2 N–H and O–H groups in total. The predicted molar refractivity (Wildman–Crippen MR) is 109 cm³/mol. The van der Waals surface area contributed by atoms with Gasteiger partial charge in [-0.15, -0.1) is 0 Å². The van der Waals surface area contributed by atoms with Gasteiger partial charge >= 0.3 is 0 Å². The molecule has 0 saturated heterocycles. The molecule has 0 aliphatic rings. The smallest absolute Gasteiger partial charge is 0.258 e. The third-order valence-corrected chi connectivity index (χ3v) is 4.58. The van der Waals surface area contributed by atoms with Gasteiger partial charge in [0.1, 0.15) is 18.1 Å². The van der Waals surface area contributed by atoms with Crippen molar-refractivity contribution in [3.8, 4) is 17.4 Å². The van der Waals surface area contributed by atoms with Crippen molar-refractivity contribution in [1.29, 1.82) is 0 Å². The molecule has 2 heterocycles. The van der Waals surface area contributed by atoms with E-state index in [4.69, 9.17) is 9.26 Å². The average Bonchev–Trinajstić information content (AvgIpc) is 3.41. The Morgan fingerprint density at radius 1 is 1.20 bits per heavy atom. The highest BCUT2D eigenvalue weighted by molar-refractivity contribution is 5.84. The summed E-state index contributed by atoms with van der Waals surface area (Å²) in [6.45, 7) is 5.79. The predicted octanol–water partition coefficient (Wildman–Crippen LogP) is 3.29. The number of hydrogen-bond donors (Lipinski definition) is 2. The summed E-state index contributed by atoms with van der Waals surface area (Å²) < 4.78 is 11.1. The van der Waals surface area contributed by atoms with E-state index in [1.807, 2.05) is 63.2 Å². The quantitative estimate of drug-likeness (QED) is 0.504. The standard InChI is InChI=1S/C21H22N6O3/c1-21(2,3)17(20-25-19(27-30-20)18-22-12-23-26-18)24-16(28)11-29-15-9-8-13-6-4-5-7-14(13)10-15/h4-10,12,17H,11H2,1-3H3,(H,24,28)(H,22,23,26)/t17-/m1/s1. The van der Waals surface area contributed by atoms with Crippen LogP contribution in [0.25, 0.3) is 22.4 Å². The molecule has 9 heteroatoms. The summed E-state index contributed by atoms with van der Waals surface area (Å²) in [5, 5.41) is 15.5. The first kappa shape index (κ1) is 19.6. The van der Waals surface area contributed by atoms with Gasteiger partial charge in [0.15, 0.2) is 12.4 Å². The van der Waals surface area contributed by atoms with Gasteiger partial charge < -0.3 is 14.6 Å². The Hall–Kier alpha value is -3.75. The average molecular weight is 406 g/mol. The molecule has 0 unspecified atom stereocenters. The van der Waals surface area contributed by atoms with Gasteiger partial charge in [0.2, 0.25) is 11.7 Å². The number of H-pyrrole nitrogens is 1. The number of amides is 1. The number of nitrogens with one attached hydrogen (secondary N) is 2. The molecular formula is C21H22N6O3. The molecule has 1 atom stereocenters. The molecular weight excluding hydrogens is 384 g/mol. The van der Waals surface area contributed by atoms with Crippen LogP contribution in [0.15, 0.2) is 53.3 Å². The van der Waals surface area contributed by atoms with Crippen LogP contribution in [0.5, 0.6) is 5.75 Å². The van der Waals surface area contributed by atoms with Crippen LogP contribution in [0, 0.1) is 5.41 Å². The van der Waals surface area contributed by atoms with Crippen LogP contribution >= 0.6 is 0 Å². The monoisotopic (exact) mass is 406 g/mol. The number of ether oxygens (including phenoxy) is 1. The van der Waals surface area contributed by atoms with Crippen LogP contribution in [-0.4, -0.2) is 37.8 Å². The summed E-state index contributed by atoms with van der Waals surface area (Å²) in [4.78, 5) is 21.0. The van der Waals surface area contributed by atoms with Crippen LogP contribution in [0.3, 0.4) is 0 Å². The zero-order valence-electron chi connectivity index (χ0n) is 16.9. The van der Waals surface area contributed by atoms with Gasteiger partial charge in [-0.05, 0) is 28.3 Å². The molecule has 0 saturated carbocycles. The fourth-order valence-corrected chi connectivity index (χ4v) is 3.02. The Labute approximate surface area is 172 Å². The largest absolute Gasteiger partial charge is 0.484 e. The lowest BCUT2D eigenvalue weighted by molar-refractivity contribution is -0.124. The third-order valence-electron chi connectivity index (χ3n) is 4.58. The number of carbonyl (C=O) groups is 1. The first-order valence-electron chi connectivity index (χ1n) is 9.50. The highest BCUT2D eigenvalue weighted by atomic mass is 16.5. The van der Waals surface area contributed by atoms with E-state index in [1.165, 1.54) is 6.33 Å². The zero-order chi connectivity index (χ0) is 21.1. The van der Waals surface area contributed by atoms with Crippen molar-refractivity contribution in [2.24, 2.45) is 5.41 Å². The molecule has 2 aromatic carbocycles. The maximum Gasteiger partial charge on any atom is 0.258 e. The zero-order valence-corrected chi connectivity index (χ0v) is 16.9. The molecule has 0 radical (unpaired) electrons. The molecule has 4 rings (SSSR count).